The van der Waals surface area contributed by atoms with Gasteiger partial charge in [0.25, 0.3) is 0 Å². The molecular formula is C86H129N7O14S. The lowest BCUT2D eigenvalue weighted by molar-refractivity contribution is -0.202. The maximum atomic E-state index is 15.0. The summed E-state index contributed by atoms with van der Waals surface area (Å²) in [6.45, 7) is 20.7. The van der Waals surface area contributed by atoms with Gasteiger partial charge in [-0.15, -0.1) is 5.10 Å². The van der Waals surface area contributed by atoms with Crippen molar-refractivity contribution in [3.63, 3.8) is 0 Å². The number of aromatic nitrogens is 3. The summed E-state index contributed by atoms with van der Waals surface area (Å²) in [5.74, 6) is -0.574. The zero-order chi connectivity index (χ0) is 76.8. The van der Waals surface area contributed by atoms with Crippen molar-refractivity contribution in [2.24, 2.45) is 139 Å². The molecule has 108 heavy (non-hydrogen) atoms. The largest absolute Gasteiger partial charge is 0.478 e. The predicted molar refractivity (Wildman–Crippen MR) is 408 cm³/mol. The molecule has 34 atom stereocenters. The van der Waals surface area contributed by atoms with E-state index in [4.69, 9.17) is 0 Å². The Morgan fingerprint density at radius 3 is 1.18 bits per heavy atom. The Kier molecular flexibility index (Phi) is 21.5. The predicted octanol–water partition coefficient (Wildman–Crippen LogP) is 10.9. The summed E-state index contributed by atoms with van der Waals surface area (Å²) >= 11 is 1.36. The number of thioether (sulfide) groups is 1. The molecule has 21 nitrogen and oxygen atoms in total. The highest BCUT2D eigenvalue weighted by Crippen LogP contribution is 2.72. The SMILES string of the molecule is C[C@@H]1CCC(=O)N[C@@H]2CC[C@@]3(C)[C@@H](C2)C[C@@H](O)[C@@H]2[C@@H]3C[C@H](O)[C@]3(C)[C@H](CC[C@@H]23)[C@H](C)CCC(=O)N[C@@H](CSCc2cnnn2-c2cc(C(=O)O)cc(C(=O)O)c2)C(=O)N[C@@H]2CC[C@@]3(C)[C@@H](C2)C[C@@H](O)[C@@H]2[C@@H]3C[C@H](O)[C@]3(C)[C@H](CC[C@@H]23)[C@H](C)CCC(=O)N[C@@H]2CC[C@@]3(C)[C@@H](C2)C[C@@H](O)[C@@H]2[C@@H]3C[C@H](O)[C@]3(C)[C@@H]1CC[C@@H]23. The Morgan fingerprint density at radius 1 is 0.454 bits per heavy atom. The second-order valence-corrected chi connectivity index (χ2v) is 41.1. The van der Waals surface area contributed by atoms with Crippen LogP contribution in [0.2, 0.25) is 0 Å². The number of nitrogens with one attached hydrogen (secondary N) is 4. The molecule has 27 rings (SSSR count). The molecule has 13 saturated heterocycles. The van der Waals surface area contributed by atoms with Crippen LogP contribution < -0.4 is 21.3 Å². The molecule has 25 aliphatic rings. The number of hydrogen-bond donors (Lipinski definition) is 12. The van der Waals surface area contributed by atoms with Crippen LogP contribution in [-0.2, 0) is 24.9 Å². The molecule has 22 heteroatoms. The standard InChI is InChI=1S/C86H129N7O14S/c1-43-10-19-72(100)89-52-23-26-82(5)49(32-52)35-67(95)76-60-18-15-58(86(60,9)70(98)38-63(76)82)45(3)12-21-74(102)91-65(42-108-41-55-40-87-92-93(55)54-29-46(79(104)105)28-47(30-54)80(106)107)78(103)90-53-24-27-83(6)50(33-53)36-68(96)77-61-17-14-57(85(61,8)71(99)39-64(77)83)44(2)11-20-73(101)88-51-22-25-81(4)48(31-51)34-66(94)75-59-16-13-56(43)84(59,7)69(97)37-62(75)81/h28-30,40,43-45,48-53,56-71,75-77,94-99H,10-27,31-39,41-42H2,1-9H3,(H,88,101)(H,89,100)(H,90,103)(H,91,102)(H,104,105)(H,106,107)/t43-,44-,45-,48+,49+,50+,51-,52-,53-,56-,57-,58-,59+,60+,61+,62+,63+,64+,65+,66-,67-,68-,69+,70+,71+,75+,76+,77+,81+,82+,83+,84-,85-,86-/m1/s1. The van der Waals surface area contributed by atoms with Crippen molar-refractivity contribution in [3.05, 3.63) is 41.2 Å². The Balaban J connectivity index is 0.663. The molecule has 0 unspecified atom stereocenters. The topological polar surface area (TPSA) is 343 Å². The highest BCUT2D eigenvalue weighted by molar-refractivity contribution is 7.98. The van der Waals surface area contributed by atoms with Crippen molar-refractivity contribution in [1.29, 1.82) is 0 Å². The lowest BCUT2D eigenvalue weighted by Crippen LogP contribution is -2.63. The summed E-state index contributed by atoms with van der Waals surface area (Å²) in [6, 6.07) is 2.51. The average molecular weight is 1520 g/mol. The Bertz CT molecular complexity index is 3700. The Labute approximate surface area is 643 Å². The maximum absolute atomic E-state index is 15.0. The molecule has 12 aliphatic carbocycles. The van der Waals surface area contributed by atoms with Crippen molar-refractivity contribution in [2.75, 3.05) is 5.75 Å². The summed E-state index contributed by atoms with van der Waals surface area (Å²) in [6.07, 6.45) is 17.5. The molecule has 12 N–H and O–H groups in total. The normalized spacial score (nSPS) is 49.1. The van der Waals surface area contributed by atoms with Crippen LogP contribution >= 0.6 is 11.8 Å². The van der Waals surface area contributed by atoms with Crippen LogP contribution in [0.15, 0.2) is 24.4 Å². The first-order chi connectivity index (χ1) is 51.2. The monoisotopic (exact) mass is 1520 g/mol. The number of nitrogens with zero attached hydrogens (tertiary/aromatic N) is 3. The quantitative estimate of drug-likeness (QED) is 0.123. The zero-order valence-electron chi connectivity index (χ0n) is 65.8. The van der Waals surface area contributed by atoms with Crippen LogP contribution in [0.25, 0.3) is 5.69 Å². The van der Waals surface area contributed by atoms with Crippen molar-refractivity contribution in [1.82, 2.24) is 36.3 Å². The molecule has 0 spiro atoms. The van der Waals surface area contributed by atoms with Gasteiger partial charge in [0.15, 0.2) is 0 Å². The lowest BCUT2D eigenvalue weighted by atomic mass is 9.43. The summed E-state index contributed by atoms with van der Waals surface area (Å²) in [5, 5.41) is 117. The third-order valence-electron chi connectivity index (χ3n) is 35.7. The third kappa shape index (κ3) is 13.2. The van der Waals surface area contributed by atoms with Gasteiger partial charge in [0, 0.05) is 48.9 Å². The van der Waals surface area contributed by atoms with Gasteiger partial charge in [-0.2, -0.15) is 11.8 Å². The van der Waals surface area contributed by atoms with Gasteiger partial charge in [-0.05, 0) is 311 Å². The molecule has 1 aromatic carbocycles. The number of fused-ring (bicyclic) bond motifs is 1. The molecule has 4 amide bonds. The van der Waals surface area contributed by atoms with Gasteiger partial charge < -0.3 is 62.1 Å². The zero-order valence-corrected chi connectivity index (χ0v) is 66.6. The van der Waals surface area contributed by atoms with Gasteiger partial charge in [0.1, 0.15) is 6.04 Å². The third-order valence-corrected chi connectivity index (χ3v) is 36.7. The fourth-order valence-electron chi connectivity index (χ4n) is 29.7. The van der Waals surface area contributed by atoms with E-state index >= 15 is 4.79 Å². The van der Waals surface area contributed by atoms with Crippen LogP contribution in [0, 0.1) is 139 Å². The molecule has 25 fully saturated rings. The highest BCUT2D eigenvalue weighted by atomic mass is 32.2. The number of aliphatic hydroxyl groups excluding tert-OH is 6. The van der Waals surface area contributed by atoms with Crippen LogP contribution in [0.3, 0.4) is 0 Å². The Morgan fingerprint density at radius 2 is 0.806 bits per heavy atom. The highest BCUT2D eigenvalue weighted by Gasteiger charge is 2.70. The second kappa shape index (κ2) is 29.6. The molecule has 24 bridgehead atoms. The number of benzene rings is 1. The molecule has 598 valence electrons. The first kappa shape index (κ1) is 78.6. The fourth-order valence-corrected chi connectivity index (χ4v) is 30.7. The molecule has 12 saturated carbocycles. The first-order valence-corrected chi connectivity index (χ1v) is 43.7. The van der Waals surface area contributed by atoms with Crippen molar-refractivity contribution in [2.45, 2.75) is 302 Å². The minimum atomic E-state index is -1.30. The number of carboxylic acid groups (broad SMARTS) is 2. The number of rotatable bonds is 7. The molecular weight excluding hydrogens is 1390 g/mol. The Hall–Kier alpha value is -4.71. The maximum Gasteiger partial charge on any atom is 0.335 e. The van der Waals surface area contributed by atoms with Gasteiger partial charge in [0.2, 0.25) is 23.6 Å². The van der Waals surface area contributed by atoms with Crippen LogP contribution in [-0.4, -0.2) is 158 Å². The fraction of sp³-hybridized carbons (Fsp3) is 0.837. The number of aromatic carboxylic acids is 2. The second-order valence-electron chi connectivity index (χ2n) is 40.0. The number of carbonyl (C=O) groups excluding carboxylic acids is 4. The van der Waals surface area contributed by atoms with Crippen molar-refractivity contribution < 1.29 is 69.6 Å². The number of amides is 4. The minimum Gasteiger partial charge on any atom is -0.478 e. The van der Waals surface area contributed by atoms with Crippen molar-refractivity contribution >= 4 is 47.3 Å². The minimum absolute atomic E-state index is 0.00178. The molecule has 2 aromatic rings. The van der Waals surface area contributed by atoms with E-state index in [1.54, 1.807) is 0 Å². The van der Waals surface area contributed by atoms with Gasteiger partial charge >= 0.3 is 11.9 Å². The van der Waals surface area contributed by atoms with E-state index in [1.807, 2.05) is 0 Å². The van der Waals surface area contributed by atoms with E-state index < -0.39 is 65.4 Å². The number of carboxylic acids is 2. The van der Waals surface area contributed by atoms with Crippen molar-refractivity contribution in [3.8, 4) is 5.69 Å². The van der Waals surface area contributed by atoms with Gasteiger partial charge in [-0.1, -0.05) is 67.5 Å². The summed E-state index contributed by atoms with van der Waals surface area (Å²) < 4.78 is 1.38. The molecule has 0 radical (unpaired) electrons. The molecule has 14 heterocycles. The van der Waals surface area contributed by atoms with Gasteiger partial charge in [0.05, 0.1) is 65.3 Å². The number of aliphatic hydroxyl groups is 6. The lowest BCUT2D eigenvalue weighted by Gasteiger charge is -2.64. The van der Waals surface area contributed by atoms with Crippen LogP contribution in [0.5, 0.6) is 0 Å². The van der Waals surface area contributed by atoms with E-state index in [0.29, 0.717) is 82.7 Å². The first-order valence-electron chi connectivity index (χ1n) is 42.6. The number of carbonyl (C=O) groups is 6. The average Bonchev–Trinajstić information content (AvgIpc) is 1.31. The van der Waals surface area contributed by atoms with E-state index in [9.17, 15) is 64.8 Å². The van der Waals surface area contributed by atoms with E-state index in [1.165, 1.54) is 34.8 Å². The van der Waals surface area contributed by atoms with Gasteiger partial charge in [-0.3, -0.25) is 19.2 Å². The molecule has 13 aliphatic heterocycles. The summed E-state index contributed by atoms with van der Waals surface area (Å²) in [4.78, 5) is 82.3. The van der Waals surface area contributed by atoms with E-state index in [2.05, 4.69) is 93.9 Å². The van der Waals surface area contributed by atoms with E-state index in [-0.39, 0.29) is 205 Å². The van der Waals surface area contributed by atoms with Crippen LogP contribution in [0.4, 0.5) is 0 Å². The van der Waals surface area contributed by atoms with E-state index in [0.717, 1.165) is 96.0 Å². The summed E-state index contributed by atoms with van der Waals surface area (Å²) in [7, 11) is 0. The smallest absolute Gasteiger partial charge is 0.335 e. The summed E-state index contributed by atoms with van der Waals surface area (Å²) in [5.41, 5.74) is -1.45. The van der Waals surface area contributed by atoms with Gasteiger partial charge in [-0.25, -0.2) is 14.3 Å². The molecule has 1 aromatic heterocycles. The number of hydrogen-bond acceptors (Lipinski definition) is 15. The van der Waals surface area contributed by atoms with Crippen LogP contribution in [0.1, 0.15) is 262 Å².